The molecule has 3 heteroatoms. The van der Waals surface area contributed by atoms with Crippen molar-refractivity contribution in [3.05, 3.63) is 65.0 Å². The second-order valence-corrected chi connectivity index (χ2v) is 4.62. The summed E-state index contributed by atoms with van der Waals surface area (Å²) in [5.74, 6) is 0.0803. The van der Waals surface area contributed by atoms with Gasteiger partial charge in [0, 0.05) is 30.5 Å². The van der Waals surface area contributed by atoms with Crippen molar-refractivity contribution in [3.63, 3.8) is 0 Å². The number of fused-ring (bicyclic) bond motifs is 1. The minimum absolute atomic E-state index is 0.0803. The molecule has 0 saturated heterocycles. The third-order valence-electron chi connectivity index (χ3n) is 3.27. The van der Waals surface area contributed by atoms with Gasteiger partial charge in [0.25, 0.3) is 5.91 Å². The summed E-state index contributed by atoms with van der Waals surface area (Å²) in [6.45, 7) is 3.31. The molecular formula is C15H14N2O. The zero-order valence-corrected chi connectivity index (χ0v) is 10.3. The van der Waals surface area contributed by atoms with E-state index in [1.807, 2.05) is 30.0 Å². The predicted octanol–water partition coefficient (Wildman–Crippen LogP) is 2.55. The molecule has 0 atom stereocenters. The monoisotopic (exact) mass is 238 g/mol. The van der Waals surface area contributed by atoms with Crippen LogP contribution >= 0.6 is 0 Å². The first kappa shape index (κ1) is 11.0. The van der Waals surface area contributed by atoms with Gasteiger partial charge in [-0.25, -0.2) is 0 Å². The van der Waals surface area contributed by atoms with Crippen molar-refractivity contribution in [1.29, 1.82) is 0 Å². The minimum Gasteiger partial charge on any atom is -0.330 e. The number of amides is 1. The lowest BCUT2D eigenvalue weighted by Crippen LogP contribution is -2.25. The van der Waals surface area contributed by atoms with Gasteiger partial charge < -0.3 is 4.90 Å². The number of carbonyl (C=O) groups is 1. The van der Waals surface area contributed by atoms with Gasteiger partial charge in [0.2, 0.25) is 0 Å². The van der Waals surface area contributed by atoms with Crippen LogP contribution in [0.25, 0.3) is 0 Å². The molecule has 1 aromatic heterocycles. The van der Waals surface area contributed by atoms with E-state index in [1.54, 1.807) is 12.3 Å². The van der Waals surface area contributed by atoms with E-state index in [-0.39, 0.29) is 5.91 Å². The topological polar surface area (TPSA) is 33.2 Å². The van der Waals surface area contributed by atoms with E-state index in [1.165, 1.54) is 11.1 Å². The molecule has 1 aliphatic rings. The SMILES string of the molecule is Cc1cc(C(=O)N2Cc3ccccc3C2)ccn1. The molecule has 1 amide bonds. The molecule has 0 fully saturated rings. The standard InChI is InChI=1S/C15H14N2O/c1-11-8-12(6-7-16-11)15(18)17-9-13-4-2-3-5-14(13)10-17/h2-8H,9-10H2,1H3. The highest BCUT2D eigenvalue weighted by Crippen LogP contribution is 2.23. The number of aromatic nitrogens is 1. The Morgan fingerprint density at radius 1 is 1.17 bits per heavy atom. The number of nitrogens with zero attached hydrogens (tertiary/aromatic N) is 2. The first-order chi connectivity index (χ1) is 8.74. The van der Waals surface area contributed by atoms with Crippen LogP contribution < -0.4 is 0 Å². The maximum absolute atomic E-state index is 12.4. The van der Waals surface area contributed by atoms with E-state index < -0.39 is 0 Å². The van der Waals surface area contributed by atoms with Crippen LogP contribution in [0.15, 0.2) is 42.6 Å². The molecular weight excluding hydrogens is 224 g/mol. The van der Waals surface area contributed by atoms with Crippen molar-refractivity contribution in [2.75, 3.05) is 0 Å². The van der Waals surface area contributed by atoms with Gasteiger partial charge in [0.1, 0.15) is 0 Å². The third-order valence-corrected chi connectivity index (χ3v) is 3.27. The molecule has 0 saturated carbocycles. The van der Waals surface area contributed by atoms with Gasteiger partial charge in [-0.2, -0.15) is 0 Å². The lowest BCUT2D eigenvalue weighted by Gasteiger charge is -2.15. The number of aryl methyl sites for hydroxylation is 1. The van der Waals surface area contributed by atoms with E-state index in [2.05, 4.69) is 17.1 Å². The van der Waals surface area contributed by atoms with Gasteiger partial charge in [-0.3, -0.25) is 9.78 Å². The van der Waals surface area contributed by atoms with E-state index >= 15 is 0 Å². The lowest BCUT2D eigenvalue weighted by atomic mass is 10.1. The quantitative estimate of drug-likeness (QED) is 0.765. The van der Waals surface area contributed by atoms with Crippen molar-refractivity contribution < 1.29 is 4.79 Å². The summed E-state index contributed by atoms with van der Waals surface area (Å²) in [6.07, 6.45) is 1.69. The minimum atomic E-state index is 0.0803. The van der Waals surface area contributed by atoms with E-state index in [9.17, 15) is 4.79 Å². The van der Waals surface area contributed by atoms with Crippen LogP contribution in [0.5, 0.6) is 0 Å². The van der Waals surface area contributed by atoms with Gasteiger partial charge in [0.15, 0.2) is 0 Å². The molecule has 3 rings (SSSR count). The Morgan fingerprint density at radius 2 is 1.83 bits per heavy atom. The summed E-state index contributed by atoms with van der Waals surface area (Å²) in [4.78, 5) is 18.4. The molecule has 0 unspecified atom stereocenters. The summed E-state index contributed by atoms with van der Waals surface area (Å²) < 4.78 is 0. The highest BCUT2D eigenvalue weighted by Gasteiger charge is 2.23. The summed E-state index contributed by atoms with van der Waals surface area (Å²) in [6, 6.07) is 11.8. The molecule has 3 nitrogen and oxygen atoms in total. The van der Waals surface area contributed by atoms with E-state index in [0.29, 0.717) is 13.1 Å². The second kappa shape index (κ2) is 4.26. The Kier molecular flexibility index (Phi) is 2.59. The van der Waals surface area contributed by atoms with Crippen LogP contribution in [-0.2, 0) is 13.1 Å². The second-order valence-electron chi connectivity index (χ2n) is 4.62. The molecule has 1 aliphatic heterocycles. The zero-order chi connectivity index (χ0) is 12.5. The van der Waals surface area contributed by atoms with Gasteiger partial charge in [0.05, 0.1) is 0 Å². The van der Waals surface area contributed by atoms with Gasteiger partial charge in [-0.1, -0.05) is 24.3 Å². The highest BCUT2D eigenvalue weighted by atomic mass is 16.2. The Bertz CT molecular complexity index is 582. The van der Waals surface area contributed by atoms with Crippen LogP contribution in [0.3, 0.4) is 0 Å². The van der Waals surface area contributed by atoms with Gasteiger partial charge >= 0.3 is 0 Å². The number of carbonyl (C=O) groups excluding carboxylic acids is 1. The maximum Gasteiger partial charge on any atom is 0.254 e. The first-order valence-corrected chi connectivity index (χ1v) is 6.03. The maximum atomic E-state index is 12.4. The molecule has 2 aromatic rings. The molecule has 2 heterocycles. The van der Waals surface area contributed by atoms with Crippen LogP contribution in [-0.4, -0.2) is 15.8 Å². The molecule has 0 radical (unpaired) electrons. The fraction of sp³-hybridized carbons (Fsp3) is 0.200. The van der Waals surface area contributed by atoms with Crippen LogP contribution in [0.4, 0.5) is 0 Å². The Labute approximate surface area is 106 Å². The highest BCUT2D eigenvalue weighted by molar-refractivity contribution is 5.94. The largest absolute Gasteiger partial charge is 0.330 e. The molecule has 18 heavy (non-hydrogen) atoms. The van der Waals surface area contributed by atoms with Crippen molar-refractivity contribution in [2.24, 2.45) is 0 Å². The summed E-state index contributed by atoms with van der Waals surface area (Å²) in [5.41, 5.74) is 4.08. The Hall–Kier alpha value is -2.16. The van der Waals surface area contributed by atoms with Crippen molar-refractivity contribution in [1.82, 2.24) is 9.88 Å². The Balaban J connectivity index is 1.84. The van der Waals surface area contributed by atoms with E-state index in [4.69, 9.17) is 0 Å². The van der Waals surface area contributed by atoms with Crippen molar-refractivity contribution in [3.8, 4) is 0 Å². The number of hydrogen-bond acceptors (Lipinski definition) is 2. The predicted molar refractivity (Wildman–Crippen MR) is 69.0 cm³/mol. The number of benzene rings is 1. The molecule has 0 spiro atoms. The molecule has 0 bridgehead atoms. The molecule has 90 valence electrons. The van der Waals surface area contributed by atoms with Crippen LogP contribution in [0.2, 0.25) is 0 Å². The Morgan fingerprint density at radius 3 is 2.44 bits per heavy atom. The first-order valence-electron chi connectivity index (χ1n) is 6.03. The number of pyridine rings is 1. The summed E-state index contributed by atoms with van der Waals surface area (Å²) in [7, 11) is 0. The summed E-state index contributed by atoms with van der Waals surface area (Å²) >= 11 is 0. The lowest BCUT2D eigenvalue weighted by molar-refractivity contribution is 0.0751. The van der Waals surface area contributed by atoms with E-state index in [0.717, 1.165) is 11.3 Å². The average molecular weight is 238 g/mol. The van der Waals surface area contributed by atoms with Gasteiger partial charge in [-0.05, 0) is 30.2 Å². The molecule has 0 N–H and O–H groups in total. The number of hydrogen-bond donors (Lipinski definition) is 0. The third kappa shape index (κ3) is 1.88. The fourth-order valence-electron chi connectivity index (χ4n) is 2.34. The van der Waals surface area contributed by atoms with Gasteiger partial charge in [-0.15, -0.1) is 0 Å². The zero-order valence-electron chi connectivity index (χ0n) is 10.3. The fourth-order valence-corrected chi connectivity index (χ4v) is 2.34. The smallest absolute Gasteiger partial charge is 0.254 e. The molecule has 0 aliphatic carbocycles. The average Bonchev–Trinajstić information content (AvgIpc) is 2.81. The molecule has 1 aromatic carbocycles. The normalized spacial score (nSPS) is 13.5. The van der Waals surface area contributed by atoms with Crippen LogP contribution in [0.1, 0.15) is 27.2 Å². The van der Waals surface area contributed by atoms with Crippen molar-refractivity contribution in [2.45, 2.75) is 20.0 Å². The summed E-state index contributed by atoms with van der Waals surface area (Å²) in [5, 5.41) is 0. The number of rotatable bonds is 1. The van der Waals surface area contributed by atoms with Crippen LogP contribution in [0, 0.1) is 6.92 Å². The van der Waals surface area contributed by atoms with Crippen molar-refractivity contribution >= 4 is 5.91 Å².